The van der Waals surface area contributed by atoms with Crippen molar-refractivity contribution < 1.29 is 13.2 Å². The summed E-state index contributed by atoms with van der Waals surface area (Å²) in [6, 6.07) is 1.17. The van der Waals surface area contributed by atoms with Crippen molar-refractivity contribution >= 4 is 11.4 Å². The van der Waals surface area contributed by atoms with E-state index in [0.717, 1.165) is 37.2 Å². The third kappa shape index (κ3) is 3.42. The number of allylic oxidation sites excluding steroid dienone is 3. The summed E-state index contributed by atoms with van der Waals surface area (Å²) < 4.78 is 40.0. The number of nitrogen functional groups attached to an aromatic ring is 1. The van der Waals surface area contributed by atoms with Gasteiger partial charge in [-0.3, -0.25) is 0 Å². The van der Waals surface area contributed by atoms with E-state index in [2.05, 4.69) is 36.0 Å². The standard InChI is InChI=1S/C22H28F3N3/c1-14(2)7-18-6-4-3-5-16(13-28(18)21-9-15(10-21)11-21)17-8-19(22(23,24)25)20(26)27-12-17/h6,8,12-15H,3-5,7,9-11H2,1-2H3,(H2,26,27)/b16-13+,18-6-. The van der Waals surface area contributed by atoms with E-state index >= 15 is 0 Å². The zero-order chi connectivity index (χ0) is 20.1. The first-order chi connectivity index (χ1) is 13.2. The lowest BCUT2D eigenvalue weighted by molar-refractivity contribution is -0.137. The number of alkyl halides is 3. The molecule has 0 spiro atoms. The molecule has 0 amide bonds. The van der Waals surface area contributed by atoms with E-state index in [9.17, 15) is 13.2 Å². The molecular weight excluding hydrogens is 363 g/mol. The third-order valence-corrected chi connectivity index (χ3v) is 6.35. The van der Waals surface area contributed by atoms with Crippen LogP contribution in [0.1, 0.15) is 69.9 Å². The molecule has 2 N–H and O–H groups in total. The van der Waals surface area contributed by atoms with Crippen molar-refractivity contribution in [3.8, 4) is 0 Å². The Morgan fingerprint density at radius 1 is 1.29 bits per heavy atom. The Kier molecular flexibility index (Phi) is 4.71. The smallest absolute Gasteiger partial charge is 0.383 e. The summed E-state index contributed by atoms with van der Waals surface area (Å²) in [5.74, 6) is 0.907. The first-order valence-electron chi connectivity index (χ1n) is 10.2. The first-order valence-corrected chi connectivity index (χ1v) is 10.2. The summed E-state index contributed by atoms with van der Waals surface area (Å²) >= 11 is 0. The van der Waals surface area contributed by atoms with E-state index in [0.29, 0.717) is 11.5 Å². The molecule has 3 aliphatic carbocycles. The predicted molar refractivity (Wildman–Crippen MR) is 105 cm³/mol. The molecule has 152 valence electrons. The fourth-order valence-electron chi connectivity index (χ4n) is 4.83. The van der Waals surface area contributed by atoms with Gasteiger partial charge < -0.3 is 10.6 Å². The minimum atomic E-state index is -4.49. The lowest BCUT2D eigenvalue weighted by Crippen LogP contribution is -2.66. The average molecular weight is 391 g/mol. The zero-order valence-corrected chi connectivity index (χ0v) is 16.5. The minimum absolute atomic E-state index is 0.183. The molecule has 1 aliphatic heterocycles. The second-order valence-corrected chi connectivity index (χ2v) is 9.07. The second kappa shape index (κ2) is 6.82. The highest BCUT2D eigenvalue weighted by Gasteiger charge is 2.60. The van der Waals surface area contributed by atoms with Crippen LogP contribution in [0.15, 0.2) is 30.2 Å². The summed E-state index contributed by atoms with van der Waals surface area (Å²) in [6.45, 7) is 4.42. The molecule has 2 heterocycles. The monoisotopic (exact) mass is 391 g/mol. The van der Waals surface area contributed by atoms with Gasteiger partial charge in [0.25, 0.3) is 0 Å². The molecule has 3 fully saturated rings. The van der Waals surface area contributed by atoms with Gasteiger partial charge in [-0.25, -0.2) is 4.98 Å². The van der Waals surface area contributed by atoms with Crippen LogP contribution in [0.5, 0.6) is 0 Å². The summed E-state index contributed by atoms with van der Waals surface area (Å²) in [7, 11) is 0. The topological polar surface area (TPSA) is 42.1 Å². The molecule has 0 radical (unpaired) electrons. The molecule has 0 unspecified atom stereocenters. The zero-order valence-electron chi connectivity index (χ0n) is 16.5. The van der Waals surface area contributed by atoms with Gasteiger partial charge in [0.15, 0.2) is 0 Å². The third-order valence-electron chi connectivity index (χ3n) is 6.35. The SMILES string of the molecule is CC(C)C/C1=C/CCC/C(c2cnc(N)c(C(F)(F)F)c2)=C\N1C12CC(C1)C2. The van der Waals surface area contributed by atoms with Gasteiger partial charge in [-0.15, -0.1) is 0 Å². The van der Waals surface area contributed by atoms with Crippen molar-refractivity contribution in [1.29, 1.82) is 0 Å². The molecule has 5 rings (SSSR count). The van der Waals surface area contributed by atoms with Gasteiger partial charge in [0.05, 0.1) is 5.56 Å². The largest absolute Gasteiger partial charge is 0.419 e. The molecule has 28 heavy (non-hydrogen) atoms. The number of rotatable bonds is 4. The maximum atomic E-state index is 13.3. The Labute approximate surface area is 164 Å². The maximum absolute atomic E-state index is 13.3. The number of hydrogen-bond donors (Lipinski definition) is 1. The Balaban J connectivity index is 1.74. The van der Waals surface area contributed by atoms with Gasteiger partial charge in [-0.1, -0.05) is 19.9 Å². The van der Waals surface area contributed by atoms with E-state index in [4.69, 9.17) is 5.73 Å². The number of pyridine rings is 1. The van der Waals surface area contributed by atoms with E-state index in [-0.39, 0.29) is 5.54 Å². The summed E-state index contributed by atoms with van der Waals surface area (Å²) in [4.78, 5) is 6.27. The normalized spacial score (nSPS) is 31.1. The number of halogens is 3. The van der Waals surface area contributed by atoms with Gasteiger partial charge in [-0.05, 0) is 74.0 Å². The molecule has 1 aromatic rings. The van der Waals surface area contributed by atoms with Crippen molar-refractivity contribution in [2.45, 2.75) is 70.5 Å². The Bertz CT molecular complexity index is 806. The molecule has 0 atom stereocenters. The van der Waals surface area contributed by atoms with Crippen LogP contribution >= 0.6 is 0 Å². The molecule has 1 aromatic heterocycles. The first kappa shape index (κ1) is 19.3. The van der Waals surface area contributed by atoms with Crippen LogP contribution < -0.4 is 5.73 Å². The molecule has 4 aliphatic rings. The minimum Gasteiger partial charge on any atom is -0.383 e. The van der Waals surface area contributed by atoms with Gasteiger partial charge in [0.1, 0.15) is 5.82 Å². The molecule has 0 aromatic carbocycles. The van der Waals surface area contributed by atoms with Crippen molar-refractivity contribution in [3.05, 3.63) is 41.4 Å². The predicted octanol–water partition coefficient (Wildman–Crippen LogP) is 5.99. The lowest BCUT2D eigenvalue weighted by Gasteiger charge is -2.67. The number of aromatic nitrogens is 1. The Morgan fingerprint density at radius 2 is 2.00 bits per heavy atom. The summed E-state index contributed by atoms with van der Waals surface area (Å²) in [5, 5.41) is 0. The molecule has 3 nitrogen and oxygen atoms in total. The number of nitrogens with zero attached hydrogens (tertiary/aromatic N) is 2. The molecule has 2 bridgehead atoms. The average Bonchev–Trinajstić information content (AvgIpc) is 2.49. The summed E-state index contributed by atoms with van der Waals surface area (Å²) in [5.41, 5.74) is 7.62. The van der Waals surface area contributed by atoms with Crippen LogP contribution in [0.25, 0.3) is 5.57 Å². The van der Waals surface area contributed by atoms with Crippen LogP contribution in [0.4, 0.5) is 19.0 Å². The fourth-order valence-corrected chi connectivity index (χ4v) is 4.83. The van der Waals surface area contributed by atoms with Crippen molar-refractivity contribution in [2.24, 2.45) is 11.8 Å². The lowest BCUT2D eigenvalue weighted by atomic mass is 9.49. The van der Waals surface area contributed by atoms with Crippen LogP contribution in [-0.2, 0) is 6.18 Å². The second-order valence-electron chi connectivity index (χ2n) is 9.07. The van der Waals surface area contributed by atoms with Crippen LogP contribution in [0.3, 0.4) is 0 Å². The number of anilines is 1. The van der Waals surface area contributed by atoms with Gasteiger partial charge >= 0.3 is 6.18 Å². The van der Waals surface area contributed by atoms with E-state index in [1.54, 1.807) is 0 Å². The van der Waals surface area contributed by atoms with Gasteiger partial charge in [0.2, 0.25) is 0 Å². The Hall–Kier alpha value is -1.98. The Morgan fingerprint density at radius 3 is 2.57 bits per heavy atom. The highest BCUT2D eigenvalue weighted by Crippen LogP contribution is 2.62. The maximum Gasteiger partial charge on any atom is 0.419 e. The van der Waals surface area contributed by atoms with Crippen molar-refractivity contribution in [1.82, 2.24) is 9.88 Å². The van der Waals surface area contributed by atoms with Crippen LogP contribution in [0, 0.1) is 11.8 Å². The molecular formula is C22H28F3N3. The molecule has 3 saturated carbocycles. The molecule has 6 heteroatoms. The van der Waals surface area contributed by atoms with Gasteiger partial charge in [0, 0.05) is 23.6 Å². The highest BCUT2D eigenvalue weighted by molar-refractivity contribution is 5.67. The number of hydrogen-bond acceptors (Lipinski definition) is 3. The summed E-state index contributed by atoms with van der Waals surface area (Å²) in [6.07, 6.45) is 8.64. The highest BCUT2D eigenvalue weighted by atomic mass is 19.4. The quantitative estimate of drug-likeness (QED) is 0.685. The van der Waals surface area contributed by atoms with E-state index in [1.807, 2.05) is 0 Å². The van der Waals surface area contributed by atoms with Gasteiger partial charge in [-0.2, -0.15) is 13.2 Å². The van der Waals surface area contributed by atoms with Crippen LogP contribution in [-0.4, -0.2) is 15.4 Å². The molecule has 0 saturated heterocycles. The van der Waals surface area contributed by atoms with Crippen molar-refractivity contribution in [3.63, 3.8) is 0 Å². The van der Waals surface area contributed by atoms with E-state index in [1.165, 1.54) is 37.2 Å². The van der Waals surface area contributed by atoms with Crippen LogP contribution in [0.2, 0.25) is 0 Å². The van der Waals surface area contributed by atoms with E-state index < -0.39 is 17.6 Å². The fraction of sp³-hybridized carbons (Fsp3) is 0.591. The number of nitrogens with two attached hydrogens (primary N) is 1. The van der Waals surface area contributed by atoms with Crippen molar-refractivity contribution in [2.75, 3.05) is 5.73 Å².